The Labute approximate surface area is 203 Å². The maximum absolute atomic E-state index is 6.26. The SMILES string of the molecule is C#C/C=C\C=C/Cc1cc(C2=CCC(B3OC(C)(C)C(C)(C)O3)C=C2)nc(-c2ccccc2)n1. The maximum Gasteiger partial charge on any atom is 0.465 e. The number of nitrogens with zero attached hydrogens (tertiary/aromatic N) is 2. The quantitative estimate of drug-likeness (QED) is 0.297. The highest BCUT2D eigenvalue weighted by Crippen LogP contribution is 2.42. The fraction of sp³-hybridized carbons (Fsp3) is 0.310. The van der Waals surface area contributed by atoms with Gasteiger partial charge in [0.25, 0.3) is 0 Å². The van der Waals surface area contributed by atoms with Crippen molar-refractivity contribution in [2.45, 2.75) is 57.6 Å². The number of aromatic nitrogens is 2. The van der Waals surface area contributed by atoms with Crippen LogP contribution in [-0.4, -0.2) is 28.3 Å². The van der Waals surface area contributed by atoms with Gasteiger partial charge in [0.1, 0.15) is 0 Å². The molecule has 1 fully saturated rings. The van der Waals surface area contributed by atoms with Crippen LogP contribution in [0.5, 0.6) is 0 Å². The molecular weight excluding hydrogens is 419 g/mol. The van der Waals surface area contributed by atoms with E-state index < -0.39 is 0 Å². The molecule has 0 N–H and O–H groups in total. The molecule has 1 aliphatic carbocycles. The van der Waals surface area contributed by atoms with Crippen LogP contribution in [0.4, 0.5) is 0 Å². The highest BCUT2D eigenvalue weighted by molar-refractivity contribution is 6.48. The smallest absolute Gasteiger partial charge is 0.403 e. The van der Waals surface area contributed by atoms with Crippen molar-refractivity contribution in [3.63, 3.8) is 0 Å². The largest absolute Gasteiger partial charge is 0.465 e. The van der Waals surface area contributed by atoms with Crippen molar-refractivity contribution < 1.29 is 9.31 Å². The van der Waals surface area contributed by atoms with Crippen molar-refractivity contribution in [2.75, 3.05) is 0 Å². The average molecular weight is 450 g/mol. The third-order valence-corrected chi connectivity index (χ3v) is 6.63. The van der Waals surface area contributed by atoms with Crippen molar-refractivity contribution in [1.29, 1.82) is 0 Å². The normalized spacial score (nSPS) is 21.2. The monoisotopic (exact) mass is 450 g/mol. The van der Waals surface area contributed by atoms with Crippen molar-refractivity contribution in [3.8, 4) is 23.7 Å². The Kier molecular flexibility index (Phi) is 7.02. The second kappa shape index (κ2) is 9.97. The average Bonchev–Trinajstić information content (AvgIpc) is 3.06. The van der Waals surface area contributed by atoms with Gasteiger partial charge in [0, 0.05) is 23.5 Å². The molecule has 0 radical (unpaired) electrons. The van der Waals surface area contributed by atoms with Crippen molar-refractivity contribution >= 4 is 12.7 Å². The minimum Gasteiger partial charge on any atom is -0.403 e. The van der Waals surface area contributed by atoms with E-state index in [1.54, 1.807) is 6.08 Å². The molecule has 2 aromatic rings. The van der Waals surface area contributed by atoms with Crippen LogP contribution in [0.25, 0.3) is 17.0 Å². The van der Waals surface area contributed by atoms with E-state index in [1.807, 2.05) is 48.6 Å². The van der Waals surface area contributed by atoms with Gasteiger partial charge in [-0.3, -0.25) is 0 Å². The molecule has 2 heterocycles. The van der Waals surface area contributed by atoms with E-state index in [1.165, 1.54) is 0 Å². The summed E-state index contributed by atoms with van der Waals surface area (Å²) in [6, 6.07) is 12.1. The lowest BCUT2D eigenvalue weighted by Crippen LogP contribution is -2.41. The van der Waals surface area contributed by atoms with Crippen molar-refractivity contribution in [2.24, 2.45) is 0 Å². The predicted octanol–water partition coefficient (Wildman–Crippen LogP) is 6.24. The summed E-state index contributed by atoms with van der Waals surface area (Å²) in [4.78, 5) is 9.70. The molecule has 1 aliphatic heterocycles. The summed E-state index contributed by atoms with van der Waals surface area (Å²) >= 11 is 0. The summed E-state index contributed by atoms with van der Waals surface area (Å²) < 4.78 is 12.5. The van der Waals surface area contributed by atoms with E-state index in [2.05, 4.69) is 57.9 Å². The molecule has 4 nitrogen and oxygen atoms in total. The van der Waals surface area contributed by atoms with Gasteiger partial charge in [-0.15, -0.1) is 6.42 Å². The van der Waals surface area contributed by atoms with E-state index >= 15 is 0 Å². The molecular formula is C29H31BN2O2. The Bertz CT molecular complexity index is 1170. The van der Waals surface area contributed by atoms with E-state index in [9.17, 15) is 0 Å². The predicted molar refractivity (Wildman–Crippen MR) is 140 cm³/mol. The fourth-order valence-corrected chi connectivity index (χ4v) is 3.94. The Morgan fingerprint density at radius 2 is 1.82 bits per heavy atom. The lowest BCUT2D eigenvalue weighted by Gasteiger charge is -2.32. The summed E-state index contributed by atoms with van der Waals surface area (Å²) in [6.07, 6.45) is 20.8. The summed E-state index contributed by atoms with van der Waals surface area (Å²) in [5.41, 5.74) is 3.30. The van der Waals surface area contributed by atoms with Gasteiger partial charge in [-0.05, 0) is 51.8 Å². The first kappa shape index (κ1) is 23.9. The maximum atomic E-state index is 6.26. The summed E-state index contributed by atoms with van der Waals surface area (Å²) in [5.74, 6) is 3.39. The molecule has 1 atom stereocenters. The van der Waals surface area contributed by atoms with Gasteiger partial charge in [-0.1, -0.05) is 72.7 Å². The third-order valence-electron chi connectivity index (χ3n) is 6.63. The van der Waals surface area contributed by atoms with Gasteiger partial charge in [-0.2, -0.15) is 0 Å². The van der Waals surface area contributed by atoms with Crippen LogP contribution in [0.1, 0.15) is 45.5 Å². The van der Waals surface area contributed by atoms with E-state index in [0.29, 0.717) is 6.42 Å². The van der Waals surface area contributed by atoms with Crippen LogP contribution < -0.4 is 0 Å². The fourth-order valence-electron chi connectivity index (χ4n) is 3.94. The second-order valence-corrected chi connectivity index (χ2v) is 9.64. The first-order chi connectivity index (χ1) is 16.3. The zero-order chi connectivity index (χ0) is 24.2. The molecule has 1 unspecified atom stereocenters. The van der Waals surface area contributed by atoms with Crippen molar-refractivity contribution in [1.82, 2.24) is 9.97 Å². The lowest BCUT2D eigenvalue weighted by molar-refractivity contribution is 0.00578. The molecule has 1 aromatic heterocycles. The van der Waals surface area contributed by atoms with Gasteiger partial charge in [0.2, 0.25) is 0 Å². The van der Waals surface area contributed by atoms with E-state index in [-0.39, 0.29) is 24.1 Å². The van der Waals surface area contributed by atoms with E-state index in [0.717, 1.165) is 34.8 Å². The minimum atomic E-state index is -0.329. The molecule has 4 rings (SSSR count). The molecule has 0 amide bonds. The summed E-state index contributed by atoms with van der Waals surface area (Å²) in [6.45, 7) is 8.35. The number of allylic oxidation sites excluding steroid dienone is 8. The van der Waals surface area contributed by atoms with Crippen LogP contribution in [0.3, 0.4) is 0 Å². The molecule has 1 aromatic carbocycles. The number of hydrogen-bond acceptors (Lipinski definition) is 4. The zero-order valence-electron chi connectivity index (χ0n) is 20.4. The number of terminal acetylenes is 1. The van der Waals surface area contributed by atoms with Gasteiger partial charge in [-0.25, -0.2) is 9.97 Å². The number of hydrogen-bond donors (Lipinski definition) is 0. The first-order valence-electron chi connectivity index (χ1n) is 11.7. The van der Waals surface area contributed by atoms with Gasteiger partial charge >= 0.3 is 7.12 Å². The number of benzene rings is 1. The van der Waals surface area contributed by atoms with Gasteiger partial charge in [0.05, 0.1) is 16.9 Å². The Balaban J connectivity index is 1.57. The molecule has 1 saturated heterocycles. The topological polar surface area (TPSA) is 44.2 Å². The van der Waals surface area contributed by atoms with Gasteiger partial charge in [0.15, 0.2) is 5.82 Å². The van der Waals surface area contributed by atoms with Crippen LogP contribution in [0.15, 0.2) is 78.9 Å². The summed E-state index contributed by atoms with van der Waals surface area (Å²) in [5, 5.41) is 0. The Morgan fingerprint density at radius 1 is 1.09 bits per heavy atom. The van der Waals surface area contributed by atoms with Crippen LogP contribution in [0.2, 0.25) is 5.82 Å². The molecule has 5 heteroatoms. The lowest BCUT2D eigenvalue weighted by atomic mass is 9.68. The van der Waals surface area contributed by atoms with Crippen molar-refractivity contribution in [3.05, 3.63) is 90.3 Å². The molecule has 0 spiro atoms. The second-order valence-electron chi connectivity index (χ2n) is 9.64. The zero-order valence-corrected chi connectivity index (χ0v) is 20.4. The van der Waals surface area contributed by atoms with Crippen LogP contribution in [0, 0.1) is 12.3 Å². The highest BCUT2D eigenvalue weighted by Gasteiger charge is 2.53. The molecule has 172 valence electrons. The summed E-state index contributed by atoms with van der Waals surface area (Å²) in [7, 11) is -0.249. The Morgan fingerprint density at radius 3 is 2.47 bits per heavy atom. The molecule has 0 saturated carbocycles. The van der Waals surface area contributed by atoms with Gasteiger partial charge < -0.3 is 9.31 Å². The van der Waals surface area contributed by atoms with Crippen LogP contribution in [-0.2, 0) is 15.7 Å². The molecule has 0 bridgehead atoms. The standard InChI is InChI=1S/C29H31BN2O2/c1-6-7-8-9-13-16-25-21-26(32-27(31-25)23-14-11-10-12-15-23)22-17-19-24(20-18-22)30-33-28(2,3)29(4,5)34-30/h1,7-15,17-19,21,24H,16,20H2,2-5H3/b8-7-,13-9-. The Hall–Kier alpha value is -3.20. The first-order valence-corrected chi connectivity index (χ1v) is 11.7. The molecule has 2 aliphatic rings. The van der Waals surface area contributed by atoms with E-state index in [4.69, 9.17) is 25.7 Å². The highest BCUT2D eigenvalue weighted by atomic mass is 16.7. The van der Waals surface area contributed by atoms with Crippen LogP contribution >= 0.6 is 0 Å². The molecule has 34 heavy (non-hydrogen) atoms. The third kappa shape index (κ3) is 5.30. The minimum absolute atomic E-state index is 0.172. The number of rotatable bonds is 6.